The van der Waals surface area contributed by atoms with Crippen LogP contribution in [0, 0.1) is 0 Å². The summed E-state index contributed by atoms with van der Waals surface area (Å²) in [6.07, 6.45) is -4.28. The maximum atomic E-state index is 12.5. The maximum Gasteiger partial charge on any atom is 0.416 e. The van der Waals surface area contributed by atoms with Crippen molar-refractivity contribution in [2.45, 2.75) is 19.6 Å². The summed E-state index contributed by atoms with van der Waals surface area (Å²) in [4.78, 5) is 2.01. The molecule has 0 aromatic heterocycles. The largest absolute Gasteiger partial charge is 0.416 e. The van der Waals surface area contributed by atoms with E-state index in [-0.39, 0.29) is 0 Å². The third-order valence-electron chi connectivity index (χ3n) is 2.55. The van der Waals surface area contributed by atoms with Crippen LogP contribution in [-0.4, -0.2) is 24.5 Å². The molecule has 0 fully saturated rings. The van der Waals surface area contributed by atoms with Gasteiger partial charge in [0.05, 0.1) is 5.56 Å². The second-order valence-corrected chi connectivity index (χ2v) is 3.86. The van der Waals surface area contributed by atoms with Gasteiger partial charge in [-0.3, -0.25) is 4.90 Å². The SMILES string of the molecule is CCN(CCN)Cc1cccc(C(F)(F)F)c1. The molecule has 0 aliphatic heterocycles. The molecular formula is C12H17F3N2. The number of likely N-dealkylation sites (N-methyl/N-ethyl adjacent to an activating group) is 1. The van der Waals surface area contributed by atoms with Gasteiger partial charge >= 0.3 is 6.18 Å². The molecule has 2 nitrogen and oxygen atoms in total. The predicted octanol–water partition coefficient (Wildman–Crippen LogP) is 2.49. The lowest BCUT2D eigenvalue weighted by atomic mass is 10.1. The Kier molecular flexibility index (Phi) is 4.96. The van der Waals surface area contributed by atoms with E-state index in [4.69, 9.17) is 5.73 Å². The van der Waals surface area contributed by atoms with E-state index in [1.165, 1.54) is 12.1 Å². The van der Waals surface area contributed by atoms with Gasteiger partial charge in [-0.1, -0.05) is 25.1 Å². The van der Waals surface area contributed by atoms with Crippen molar-refractivity contribution in [1.82, 2.24) is 4.90 Å². The summed E-state index contributed by atoms with van der Waals surface area (Å²) in [5.74, 6) is 0. The molecule has 5 heteroatoms. The summed E-state index contributed by atoms with van der Waals surface area (Å²) >= 11 is 0. The number of hydrogen-bond donors (Lipinski definition) is 1. The number of alkyl halides is 3. The standard InChI is InChI=1S/C12H17F3N2/c1-2-17(7-6-16)9-10-4-3-5-11(8-10)12(13,14)15/h3-5,8H,2,6-7,9,16H2,1H3. The van der Waals surface area contributed by atoms with Crippen molar-refractivity contribution < 1.29 is 13.2 Å². The van der Waals surface area contributed by atoms with Crippen molar-refractivity contribution in [1.29, 1.82) is 0 Å². The van der Waals surface area contributed by atoms with Crippen LogP contribution < -0.4 is 5.73 Å². The molecule has 0 aliphatic carbocycles. The van der Waals surface area contributed by atoms with Crippen LogP contribution in [0.15, 0.2) is 24.3 Å². The topological polar surface area (TPSA) is 29.3 Å². The zero-order valence-electron chi connectivity index (χ0n) is 9.80. The highest BCUT2D eigenvalue weighted by molar-refractivity contribution is 5.25. The molecule has 96 valence electrons. The zero-order valence-corrected chi connectivity index (χ0v) is 9.80. The molecule has 0 spiro atoms. The maximum absolute atomic E-state index is 12.5. The fourth-order valence-electron chi connectivity index (χ4n) is 1.64. The van der Waals surface area contributed by atoms with Crippen LogP contribution in [0.4, 0.5) is 13.2 Å². The van der Waals surface area contributed by atoms with Crippen LogP contribution >= 0.6 is 0 Å². The Bertz CT molecular complexity index is 350. The van der Waals surface area contributed by atoms with Gasteiger partial charge in [-0.25, -0.2) is 0 Å². The smallest absolute Gasteiger partial charge is 0.329 e. The average Bonchev–Trinajstić information content (AvgIpc) is 2.28. The Hall–Kier alpha value is -1.07. The molecule has 1 aromatic carbocycles. The van der Waals surface area contributed by atoms with Crippen LogP contribution in [0.25, 0.3) is 0 Å². The Morgan fingerprint density at radius 2 is 2.00 bits per heavy atom. The van der Waals surface area contributed by atoms with Gasteiger partial charge in [-0.05, 0) is 18.2 Å². The predicted molar refractivity (Wildman–Crippen MR) is 61.4 cm³/mol. The van der Waals surface area contributed by atoms with E-state index in [0.717, 1.165) is 12.6 Å². The molecule has 0 unspecified atom stereocenters. The van der Waals surface area contributed by atoms with E-state index in [2.05, 4.69) is 0 Å². The first-order valence-corrected chi connectivity index (χ1v) is 5.56. The Morgan fingerprint density at radius 3 is 2.53 bits per heavy atom. The van der Waals surface area contributed by atoms with Crippen LogP contribution in [0.1, 0.15) is 18.1 Å². The van der Waals surface area contributed by atoms with Gasteiger partial charge in [0, 0.05) is 19.6 Å². The molecule has 1 aromatic rings. The molecule has 1 rings (SSSR count). The first-order chi connectivity index (χ1) is 7.97. The minimum absolute atomic E-state index is 0.498. The van der Waals surface area contributed by atoms with Crippen molar-refractivity contribution in [2.24, 2.45) is 5.73 Å². The Morgan fingerprint density at radius 1 is 1.29 bits per heavy atom. The third kappa shape index (κ3) is 4.36. The molecular weight excluding hydrogens is 229 g/mol. The van der Waals surface area contributed by atoms with E-state index in [9.17, 15) is 13.2 Å². The van der Waals surface area contributed by atoms with Crippen molar-refractivity contribution >= 4 is 0 Å². The highest BCUT2D eigenvalue weighted by Crippen LogP contribution is 2.29. The first kappa shape index (κ1) is 14.0. The van der Waals surface area contributed by atoms with Crippen LogP contribution in [0.3, 0.4) is 0 Å². The lowest BCUT2D eigenvalue weighted by Crippen LogP contribution is -2.28. The Labute approximate surface area is 99.2 Å². The number of benzene rings is 1. The van der Waals surface area contributed by atoms with Gasteiger partial charge in [0.2, 0.25) is 0 Å². The van der Waals surface area contributed by atoms with Gasteiger partial charge in [-0.2, -0.15) is 13.2 Å². The van der Waals surface area contributed by atoms with Crippen LogP contribution in [-0.2, 0) is 12.7 Å². The average molecular weight is 246 g/mol. The number of hydrogen-bond acceptors (Lipinski definition) is 2. The molecule has 0 bridgehead atoms. The molecule has 0 saturated heterocycles. The lowest BCUT2D eigenvalue weighted by Gasteiger charge is -2.20. The zero-order chi connectivity index (χ0) is 12.9. The highest BCUT2D eigenvalue weighted by atomic mass is 19.4. The van der Waals surface area contributed by atoms with Gasteiger partial charge in [-0.15, -0.1) is 0 Å². The van der Waals surface area contributed by atoms with E-state index in [0.29, 0.717) is 25.2 Å². The molecule has 17 heavy (non-hydrogen) atoms. The second-order valence-electron chi connectivity index (χ2n) is 3.86. The first-order valence-electron chi connectivity index (χ1n) is 5.56. The summed E-state index contributed by atoms with van der Waals surface area (Å²) in [7, 11) is 0. The highest BCUT2D eigenvalue weighted by Gasteiger charge is 2.30. The number of halogens is 3. The van der Waals surface area contributed by atoms with Crippen molar-refractivity contribution in [3.63, 3.8) is 0 Å². The summed E-state index contributed by atoms with van der Waals surface area (Å²) in [5, 5.41) is 0. The molecule has 0 saturated carbocycles. The van der Waals surface area contributed by atoms with Gasteiger partial charge in [0.15, 0.2) is 0 Å². The summed E-state index contributed by atoms with van der Waals surface area (Å²) < 4.78 is 37.5. The van der Waals surface area contributed by atoms with E-state index in [1.54, 1.807) is 6.07 Å². The van der Waals surface area contributed by atoms with E-state index >= 15 is 0 Å². The second kappa shape index (κ2) is 6.02. The van der Waals surface area contributed by atoms with Crippen molar-refractivity contribution in [3.8, 4) is 0 Å². The normalized spacial score (nSPS) is 12.1. The molecule has 0 radical (unpaired) electrons. The molecule has 0 heterocycles. The summed E-state index contributed by atoms with van der Waals surface area (Å²) in [6.45, 7) is 4.42. The quantitative estimate of drug-likeness (QED) is 0.864. The van der Waals surface area contributed by atoms with Crippen LogP contribution in [0.5, 0.6) is 0 Å². The molecule has 2 N–H and O–H groups in total. The van der Waals surface area contributed by atoms with Gasteiger partial charge in [0.25, 0.3) is 0 Å². The lowest BCUT2D eigenvalue weighted by molar-refractivity contribution is -0.137. The van der Waals surface area contributed by atoms with E-state index in [1.807, 2.05) is 11.8 Å². The number of nitrogens with zero attached hydrogens (tertiary/aromatic N) is 1. The third-order valence-corrected chi connectivity index (χ3v) is 2.55. The summed E-state index contributed by atoms with van der Waals surface area (Å²) in [5.41, 5.74) is 5.50. The van der Waals surface area contributed by atoms with Crippen molar-refractivity contribution in [3.05, 3.63) is 35.4 Å². The molecule has 0 atom stereocenters. The van der Waals surface area contributed by atoms with Gasteiger partial charge < -0.3 is 5.73 Å². The molecule has 0 aliphatic rings. The van der Waals surface area contributed by atoms with Gasteiger partial charge in [0.1, 0.15) is 0 Å². The summed E-state index contributed by atoms with van der Waals surface area (Å²) in [6, 6.07) is 5.42. The van der Waals surface area contributed by atoms with E-state index < -0.39 is 11.7 Å². The number of rotatable bonds is 5. The Balaban J connectivity index is 2.78. The monoisotopic (exact) mass is 246 g/mol. The number of nitrogens with two attached hydrogens (primary N) is 1. The van der Waals surface area contributed by atoms with Crippen molar-refractivity contribution in [2.75, 3.05) is 19.6 Å². The minimum Gasteiger partial charge on any atom is -0.329 e. The fourth-order valence-corrected chi connectivity index (χ4v) is 1.64. The minimum atomic E-state index is -4.28. The fraction of sp³-hybridized carbons (Fsp3) is 0.500. The molecule has 0 amide bonds. The van der Waals surface area contributed by atoms with Crippen LogP contribution in [0.2, 0.25) is 0 Å².